The molecule has 1 aliphatic carbocycles. The number of aromatic nitrogens is 2. The lowest BCUT2D eigenvalue weighted by molar-refractivity contribution is -0.387. The summed E-state index contributed by atoms with van der Waals surface area (Å²) in [6, 6.07) is 16.3. The fourth-order valence-corrected chi connectivity index (χ4v) is 6.14. The summed E-state index contributed by atoms with van der Waals surface area (Å²) in [7, 11) is 0. The second-order valence-corrected chi connectivity index (χ2v) is 10.4. The largest absolute Gasteiger partial charge is 0.283 e. The molecule has 182 valence electrons. The molecule has 1 aliphatic heterocycles. The lowest BCUT2D eigenvalue weighted by Crippen LogP contribution is -2.40. The van der Waals surface area contributed by atoms with Crippen molar-refractivity contribution in [2.24, 2.45) is 4.99 Å². The smallest absolute Gasteiger partial charge is 0.283 e. The number of nitrogens with zero attached hydrogens (tertiary/aromatic N) is 5. The van der Waals surface area contributed by atoms with Gasteiger partial charge in [0.2, 0.25) is 0 Å². The van der Waals surface area contributed by atoms with Gasteiger partial charge >= 0.3 is 0 Å². The van der Waals surface area contributed by atoms with Gasteiger partial charge in [-0.1, -0.05) is 43.5 Å². The Kier molecular flexibility index (Phi) is 7.43. The maximum atomic E-state index is 13.5. The van der Waals surface area contributed by atoms with E-state index in [1.54, 1.807) is 36.7 Å². The normalized spacial score (nSPS) is 18.8. The number of amides is 1. The maximum absolute atomic E-state index is 13.5. The third kappa shape index (κ3) is 5.50. The zero-order valence-electron chi connectivity index (χ0n) is 19.3. The molecule has 1 aromatic heterocycles. The predicted octanol–water partition coefficient (Wildman–Crippen LogP) is 6.47. The Labute approximate surface area is 217 Å². The summed E-state index contributed by atoms with van der Waals surface area (Å²) < 4.78 is 0. The molecule has 3 aromatic rings. The second-order valence-electron chi connectivity index (χ2n) is 8.43. The fourth-order valence-electron chi connectivity index (χ4n) is 4.28. The number of benzene rings is 2. The van der Waals surface area contributed by atoms with Crippen LogP contribution in [0.2, 0.25) is 0 Å². The Hall–Kier alpha value is -3.50. The van der Waals surface area contributed by atoms with E-state index in [2.05, 4.69) is 9.97 Å². The van der Waals surface area contributed by atoms with Crippen molar-refractivity contribution in [3.8, 4) is 0 Å². The number of hydrogen-bond donors (Lipinski definition) is 0. The van der Waals surface area contributed by atoms with Crippen LogP contribution in [0, 0.1) is 10.1 Å². The second kappa shape index (κ2) is 11.0. The molecule has 8 nitrogen and oxygen atoms in total. The molecule has 0 radical (unpaired) electrons. The van der Waals surface area contributed by atoms with Gasteiger partial charge in [0.05, 0.1) is 20.4 Å². The first-order valence-electron chi connectivity index (χ1n) is 11.7. The van der Waals surface area contributed by atoms with Crippen LogP contribution in [0.15, 0.2) is 86.9 Å². The van der Waals surface area contributed by atoms with Crippen LogP contribution in [0.25, 0.3) is 6.08 Å². The van der Waals surface area contributed by atoms with E-state index < -0.39 is 4.92 Å². The third-order valence-corrected chi connectivity index (χ3v) is 7.92. The molecular formula is C26H23N5O3S2. The Balaban J connectivity index is 1.47. The van der Waals surface area contributed by atoms with Crippen molar-refractivity contribution in [3.05, 3.63) is 87.6 Å². The van der Waals surface area contributed by atoms with Gasteiger partial charge in [-0.3, -0.25) is 19.8 Å². The summed E-state index contributed by atoms with van der Waals surface area (Å²) in [5, 5.41) is 12.9. The zero-order chi connectivity index (χ0) is 24.9. The van der Waals surface area contributed by atoms with E-state index in [4.69, 9.17) is 4.99 Å². The van der Waals surface area contributed by atoms with E-state index >= 15 is 0 Å². The fraction of sp³-hybridized carbons (Fsp3) is 0.231. The number of carbonyl (C=O) groups excluding carboxylic acids is 1. The molecular weight excluding hydrogens is 494 g/mol. The van der Waals surface area contributed by atoms with Gasteiger partial charge in [-0.15, -0.1) is 0 Å². The average molecular weight is 518 g/mol. The Morgan fingerprint density at radius 2 is 1.81 bits per heavy atom. The summed E-state index contributed by atoms with van der Waals surface area (Å²) >= 11 is 2.45. The number of amidine groups is 1. The molecule has 2 aromatic carbocycles. The minimum absolute atomic E-state index is 0.0560. The molecule has 1 saturated heterocycles. The SMILES string of the molecule is O=C1/C(=C\c2ccc(Sc3ncccn3)c([N+](=O)[O-])c2)SC(=Nc2ccccc2)N1C1CCCCC1. The lowest BCUT2D eigenvalue weighted by atomic mass is 9.94. The van der Waals surface area contributed by atoms with Crippen LogP contribution in [0.3, 0.4) is 0 Å². The number of para-hydroxylation sites is 1. The van der Waals surface area contributed by atoms with Crippen LogP contribution in [0.4, 0.5) is 11.4 Å². The number of thioether (sulfide) groups is 1. The van der Waals surface area contributed by atoms with Crippen LogP contribution in [-0.4, -0.2) is 36.9 Å². The van der Waals surface area contributed by atoms with Crippen molar-refractivity contribution < 1.29 is 9.72 Å². The van der Waals surface area contributed by atoms with Gasteiger partial charge in [-0.2, -0.15) is 0 Å². The summed E-state index contributed by atoms with van der Waals surface area (Å²) in [5.41, 5.74) is 1.31. The number of carbonyl (C=O) groups is 1. The number of nitro benzene ring substituents is 1. The Morgan fingerprint density at radius 1 is 1.06 bits per heavy atom. The summed E-state index contributed by atoms with van der Waals surface area (Å²) in [5.74, 6) is -0.0969. The van der Waals surface area contributed by atoms with Crippen molar-refractivity contribution >= 4 is 52.0 Å². The highest BCUT2D eigenvalue weighted by Crippen LogP contribution is 2.39. The summed E-state index contributed by atoms with van der Waals surface area (Å²) in [4.78, 5) is 40.8. The van der Waals surface area contributed by atoms with E-state index in [0.29, 0.717) is 25.7 Å². The van der Waals surface area contributed by atoms with Gasteiger partial charge < -0.3 is 0 Å². The molecule has 0 spiro atoms. The number of hydrogen-bond acceptors (Lipinski definition) is 8. The molecule has 36 heavy (non-hydrogen) atoms. The monoisotopic (exact) mass is 517 g/mol. The average Bonchev–Trinajstić information content (AvgIpc) is 3.20. The first-order chi connectivity index (χ1) is 17.6. The van der Waals surface area contributed by atoms with Crippen LogP contribution in [-0.2, 0) is 4.79 Å². The Morgan fingerprint density at radius 3 is 2.53 bits per heavy atom. The molecule has 0 N–H and O–H groups in total. The molecule has 5 rings (SSSR count). The lowest BCUT2D eigenvalue weighted by Gasteiger charge is -2.30. The number of aliphatic imine (C=N–C) groups is 1. The van der Waals surface area contributed by atoms with E-state index in [1.165, 1.54) is 24.2 Å². The van der Waals surface area contributed by atoms with Gasteiger partial charge in [0.25, 0.3) is 11.6 Å². The summed E-state index contributed by atoms with van der Waals surface area (Å²) in [6.07, 6.45) is 10.2. The van der Waals surface area contributed by atoms with Crippen molar-refractivity contribution in [3.63, 3.8) is 0 Å². The highest BCUT2D eigenvalue weighted by Gasteiger charge is 2.38. The molecule has 1 amide bonds. The van der Waals surface area contributed by atoms with E-state index in [0.717, 1.165) is 43.1 Å². The molecule has 0 bridgehead atoms. The first kappa shape index (κ1) is 24.2. The summed E-state index contributed by atoms with van der Waals surface area (Å²) in [6.45, 7) is 0. The number of nitro groups is 1. The quantitative estimate of drug-likeness (QED) is 0.160. The predicted molar refractivity (Wildman–Crippen MR) is 142 cm³/mol. The van der Waals surface area contributed by atoms with E-state index in [9.17, 15) is 14.9 Å². The van der Waals surface area contributed by atoms with Crippen LogP contribution < -0.4 is 0 Å². The van der Waals surface area contributed by atoms with Crippen molar-refractivity contribution in [2.75, 3.05) is 0 Å². The van der Waals surface area contributed by atoms with Crippen LogP contribution in [0.1, 0.15) is 37.7 Å². The van der Waals surface area contributed by atoms with Gasteiger partial charge in [0.15, 0.2) is 10.3 Å². The van der Waals surface area contributed by atoms with Gasteiger partial charge in [0.1, 0.15) is 0 Å². The van der Waals surface area contributed by atoms with Gasteiger partial charge in [0, 0.05) is 24.5 Å². The van der Waals surface area contributed by atoms with Gasteiger partial charge in [-0.05, 0) is 72.3 Å². The van der Waals surface area contributed by atoms with Crippen molar-refractivity contribution in [1.29, 1.82) is 0 Å². The topological polar surface area (TPSA) is 102 Å². The molecule has 2 fully saturated rings. The zero-order valence-corrected chi connectivity index (χ0v) is 21.0. The van der Waals surface area contributed by atoms with Crippen LogP contribution >= 0.6 is 23.5 Å². The molecule has 10 heteroatoms. The van der Waals surface area contributed by atoms with E-state index in [-0.39, 0.29) is 17.6 Å². The molecule has 0 atom stereocenters. The first-order valence-corrected chi connectivity index (χ1v) is 13.3. The van der Waals surface area contributed by atoms with Crippen LogP contribution in [0.5, 0.6) is 0 Å². The highest BCUT2D eigenvalue weighted by atomic mass is 32.2. The standard InChI is InChI=1S/C26H23N5O3S2/c32-24-23(17-18-12-13-22(21(16-18)31(33)34)35-25-27-14-7-15-28-25)36-26(29-19-8-3-1-4-9-19)30(24)20-10-5-2-6-11-20/h1,3-4,7-9,12-17,20H,2,5-6,10-11H2/b23-17+,29-26?. The number of rotatable bonds is 6. The highest BCUT2D eigenvalue weighted by molar-refractivity contribution is 8.18. The molecule has 2 aliphatic rings. The van der Waals surface area contributed by atoms with E-state index in [1.807, 2.05) is 35.2 Å². The minimum atomic E-state index is -0.423. The van der Waals surface area contributed by atoms with Crippen molar-refractivity contribution in [1.82, 2.24) is 14.9 Å². The van der Waals surface area contributed by atoms with Gasteiger partial charge in [-0.25, -0.2) is 15.0 Å². The maximum Gasteiger partial charge on any atom is 0.283 e. The molecule has 2 heterocycles. The van der Waals surface area contributed by atoms with Crippen molar-refractivity contribution in [2.45, 2.75) is 48.2 Å². The minimum Gasteiger partial charge on any atom is -0.283 e. The third-order valence-electron chi connectivity index (χ3n) is 5.98. The Bertz CT molecular complexity index is 1330. The molecule has 0 unspecified atom stereocenters. The molecule has 1 saturated carbocycles.